The van der Waals surface area contributed by atoms with Crippen LogP contribution in [0.3, 0.4) is 0 Å². The molecule has 21 heavy (non-hydrogen) atoms. The third kappa shape index (κ3) is 3.31. The smallest absolute Gasteiger partial charge is 0.243 e. The number of hydrogen-bond donors (Lipinski definition) is 1. The molecule has 7 heteroatoms. The molecule has 1 heterocycles. The second-order valence-corrected chi connectivity index (χ2v) is 6.36. The molecule has 0 aliphatic heterocycles. The first-order valence-electron chi connectivity index (χ1n) is 6.41. The molecular formula is C14H16FNO4S. The third-order valence-corrected chi connectivity index (χ3v) is 5.01. The molecule has 1 aromatic heterocycles. The Morgan fingerprint density at radius 2 is 2.10 bits per heavy atom. The SMILES string of the molecule is CCN(Cc1ccco1)S(=O)(=O)c1ccc(F)c(CO)c1. The van der Waals surface area contributed by atoms with Gasteiger partial charge in [0, 0.05) is 12.1 Å². The highest BCUT2D eigenvalue weighted by Crippen LogP contribution is 2.21. The average Bonchev–Trinajstić information content (AvgIpc) is 2.97. The molecule has 1 aromatic carbocycles. The van der Waals surface area contributed by atoms with E-state index in [0.717, 1.165) is 12.1 Å². The van der Waals surface area contributed by atoms with Crippen LogP contribution in [0, 0.1) is 5.82 Å². The lowest BCUT2D eigenvalue weighted by atomic mass is 10.2. The fourth-order valence-corrected chi connectivity index (χ4v) is 3.39. The summed E-state index contributed by atoms with van der Waals surface area (Å²) in [4.78, 5) is -0.0543. The Labute approximate surface area is 122 Å². The molecule has 2 aromatic rings. The van der Waals surface area contributed by atoms with Crippen LogP contribution in [0.25, 0.3) is 0 Å². The van der Waals surface area contributed by atoms with E-state index >= 15 is 0 Å². The first-order chi connectivity index (χ1) is 9.98. The standard InChI is InChI=1S/C14H16FNO4S/c1-2-16(9-12-4-3-7-20-12)21(18,19)13-5-6-14(15)11(8-13)10-17/h3-8,17H,2,9-10H2,1H3. The van der Waals surface area contributed by atoms with Gasteiger partial charge in [0.25, 0.3) is 0 Å². The van der Waals surface area contributed by atoms with Crippen LogP contribution in [0.15, 0.2) is 45.9 Å². The average molecular weight is 313 g/mol. The quantitative estimate of drug-likeness (QED) is 0.887. The van der Waals surface area contributed by atoms with Crippen LogP contribution in [0.2, 0.25) is 0 Å². The van der Waals surface area contributed by atoms with E-state index in [-0.39, 0.29) is 23.5 Å². The Morgan fingerprint density at radius 3 is 2.67 bits per heavy atom. The van der Waals surface area contributed by atoms with Gasteiger partial charge < -0.3 is 9.52 Å². The van der Waals surface area contributed by atoms with Crippen LogP contribution >= 0.6 is 0 Å². The lowest BCUT2D eigenvalue weighted by molar-refractivity contribution is 0.275. The van der Waals surface area contributed by atoms with Gasteiger partial charge in [-0.2, -0.15) is 4.31 Å². The van der Waals surface area contributed by atoms with Gasteiger partial charge in [-0.1, -0.05) is 6.92 Å². The second-order valence-electron chi connectivity index (χ2n) is 4.42. The van der Waals surface area contributed by atoms with Crippen molar-refractivity contribution in [2.24, 2.45) is 0 Å². The maximum absolute atomic E-state index is 13.4. The molecule has 0 unspecified atom stereocenters. The van der Waals surface area contributed by atoms with Crippen molar-refractivity contribution in [2.45, 2.75) is 25.0 Å². The van der Waals surface area contributed by atoms with Crippen LogP contribution < -0.4 is 0 Å². The van der Waals surface area contributed by atoms with Crippen LogP contribution in [-0.2, 0) is 23.2 Å². The van der Waals surface area contributed by atoms with Crippen molar-refractivity contribution >= 4 is 10.0 Å². The molecule has 0 saturated carbocycles. The highest BCUT2D eigenvalue weighted by molar-refractivity contribution is 7.89. The number of furan rings is 1. The van der Waals surface area contributed by atoms with Gasteiger partial charge in [-0.3, -0.25) is 0 Å². The summed E-state index contributed by atoms with van der Waals surface area (Å²) < 4.78 is 44.8. The van der Waals surface area contributed by atoms with Crippen LogP contribution in [0.5, 0.6) is 0 Å². The van der Waals surface area contributed by atoms with Crippen molar-refractivity contribution in [1.29, 1.82) is 0 Å². The molecule has 0 bridgehead atoms. The number of aliphatic hydroxyl groups is 1. The molecule has 1 N–H and O–H groups in total. The van der Waals surface area contributed by atoms with E-state index < -0.39 is 22.4 Å². The van der Waals surface area contributed by atoms with E-state index in [2.05, 4.69) is 0 Å². The molecule has 0 amide bonds. The fourth-order valence-electron chi connectivity index (χ4n) is 1.92. The van der Waals surface area contributed by atoms with Crippen molar-refractivity contribution in [3.63, 3.8) is 0 Å². The normalized spacial score (nSPS) is 12.0. The van der Waals surface area contributed by atoms with E-state index in [1.165, 1.54) is 16.6 Å². The number of benzene rings is 1. The summed E-state index contributed by atoms with van der Waals surface area (Å²) in [6, 6.07) is 6.74. The lowest BCUT2D eigenvalue weighted by Crippen LogP contribution is -2.30. The third-order valence-electron chi connectivity index (χ3n) is 3.09. The molecule has 5 nitrogen and oxygen atoms in total. The first kappa shape index (κ1) is 15.7. The van der Waals surface area contributed by atoms with Gasteiger partial charge in [-0.15, -0.1) is 0 Å². The highest BCUT2D eigenvalue weighted by atomic mass is 32.2. The van der Waals surface area contributed by atoms with E-state index in [4.69, 9.17) is 9.52 Å². The topological polar surface area (TPSA) is 70.8 Å². The summed E-state index contributed by atoms with van der Waals surface area (Å²) in [6.07, 6.45) is 1.47. The van der Waals surface area contributed by atoms with E-state index in [9.17, 15) is 12.8 Å². The van der Waals surface area contributed by atoms with Crippen LogP contribution in [0.4, 0.5) is 4.39 Å². The number of nitrogens with zero attached hydrogens (tertiary/aromatic N) is 1. The van der Waals surface area contributed by atoms with Crippen molar-refractivity contribution in [1.82, 2.24) is 4.31 Å². The van der Waals surface area contributed by atoms with E-state index in [1.807, 2.05) is 0 Å². The summed E-state index contributed by atoms with van der Waals surface area (Å²) in [6.45, 7) is 1.49. The number of hydrogen-bond acceptors (Lipinski definition) is 4. The Morgan fingerprint density at radius 1 is 1.33 bits per heavy atom. The summed E-state index contributed by atoms with van der Waals surface area (Å²) in [7, 11) is -3.78. The largest absolute Gasteiger partial charge is 0.468 e. The maximum atomic E-state index is 13.4. The molecule has 0 fully saturated rings. The maximum Gasteiger partial charge on any atom is 0.243 e. The predicted molar refractivity (Wildman–Crippen MR) is 74.3 cm³/mol. The first-order valence-corrected chi connectivity index (χ1v) is 7.85. The summed E-state index contributed by atoms with van der Waals surface area (Å²) in [5.74, 6) is -0.115. The van der Waals surface area contributed by atoms with Gasteiger partial charge in [0.2, 0.25) is 10.0 Å². The molecule has 0 atom stereocenters. The van der Waals surface area contributed by atoms with Gasteiger partial charge in [0.15, 0.2) is 0 Å². The Kier molecular flexibility index (Phi) is 4.76. The monoisotopic (exact) mass is 313 g/mol. The zero-order chi connectivity index (χ0) is 15.5. The zero-order valence-corrected chi connectivity index (χ0v) is 12.3. The molecule has 114 valence electrons. The van der Waals surface area contributed by atoms with Gasteiger partial charge in [-0.05, 0) is 30.3 Å². The van der Waals surface area contributed by atoms with Crippen LogP contribution in [-0.4, -0.2) is 24.4 Å². The number of sulfonamides is 1. The summed E-state index contributed by atoms with van der Waals surface area (Å²) >= 11 is 0. The van der Waals surface area contributed by atoms with Gasteiger partial charge in [-0.25, -0.2) is 12.8 Å². The Hall–Kier alpha value is -1.70. The van der Waals surface area contributed by atoms with E-state index in [0.29, 0.717) is 5.76 Å². The Bertz CT molecular complexity index is 698. The van der Waals surface area contributed by atoms with Crippen molar-refractivity contribution < 1.29 is 22.3 Å². The van der Waals surface area contributed by atoms with E-state index in [1.54, 1.807) is 19.1 Å². The van der Waals surface area contributed by atoms with Gasteiger partial charge in [0.05, 0.1) is 24.3 Å². The molecule has 2 rings (SSSR count). The summed E-state index contributed by atoms with van der Waals surface area (Å²) in [5.41, 5.74) is -0.0508. The molecular weight excluding hydrogens is 297 g/mol. The molecule has 0 spiro atoms. The van der Waals surface area contributed by atoms with Crippen molar-refractivity contribution in [3.8, 4) is 0 Å². The predicted octanol–water partition coefficient (Wildman–Crippen LogP) is 2.12. The summed E-state index contributed by atoms with van der Waals surface area (Å²) in [5, 5.41) is 9.05. The minimum Gasteiger partial charge on any atom is -0.468 e. The lowest BCUT2D eigenvalue weighted by Gasteiger charge is -2.19. The highest BCUT2D eigenvalue weighted by Gasteiger charge is 2.25. The van der Waals surface area contributed by atoms with Crippen molar-refractivity contribution in [2.75, 3.05) is 6.54 Å². The number of aliphatic hydroxyl groups excluding tert-OH is 1. The van der Waals surface area contributed by atoms with Gasteiger partial charge in [0.1, 0.15) is 11.6 Å². The molecule has 0 radical (unpaired) electrons. The van der Waals surface area contributed by atoms with Crippen LogP contribution in [0.1, 0.15) is 18.2 Å². The minimum atomic E-state index is -3.78. The number of halogens is 1. The fraction of sp³-hybridized carbons (Fsp3) is 0.286. The number of rotatable bonds is 6. The molecule has 0 saturated heterocycles. The zero-order valence-electron chi connectivity index (χ0n) is 11.5. The molecule has 0 aliphatic carbocycles. The van der Waals surface area contributed by atoms with Gasteiger partial charge >= 0.3 is 0 Å². The Balaban J connectivity index is 2.35. The second kappa shape index (κ2) is 6.38. The van der Waals surface area contributed by atoms with Crippen molar-refractivity contribution in [3.05, 3.63) is 53.7 Å². The molecule has 0 aliphatic rings. The minimum absolute atomic E-state index is 0.0508.